The third-order valence-corrected chi connectivity index (χ3v) is 3.08. The van der Waals surface area contributed by atoms with Crippen LogP contribution in [0.5, 0.6) is 5.75 Å². The average Bonchev–Trinajstić information content (AvgIpc) is 3.07. The number of furan rings is 1. The highest BCUT2D eigenvalue weighted by molar-refractivity contribution is 6.13. The zero-order valence-corrected chi connectivity index (χ0v) is 12.3. The molecule has 22 heavy (non-hydrogen) atoms. The predicted molar refractivity (Wildman–Crippen MR) is 81.7 cm³/mol. The summed E-state index contributed by atoms with van der Waals surface area (Å²) in [4.78, 5) is 16.2. The number of rotatable bonds is 4. The van der Waals surface area contributed by atoms with E-state index in [-0.39, 0.29) is 11.6 Å². The van der Waals surface area contributed by atoms with Gasteiger partial charge < -0.3 is 13.9 Å². The van der Waals surface area contributed by atoms with Gasteiger partial charge in [0.2, 0.25) is 5.90 Å². The van der Waals surface area contributed by atoms with E-state index in [0.717, 1.165) is 5.76 Å². The molecule has 0 bridgehead atoms. The zero-order chi connectivity index (χ0) is 15.5. The minimum absolute atomic E-state index is 0.204. The molecule has 5 heteroatoms. The van der Waals surface area contributed by atoms with Crippen molar-refractivity contribution in [2.24, 2.45) is 4.99 Å². The van der Waals surface area contributed by atoms with E-state index in [9.17, 15) is 4.79 Å². The summed E-state index contributed by atoms with van der Waals surface area (Å²) in [6, 6.07) is 10.9. The first-order valence-electron chi connectivity index (χ1n) is 6.98. The topological polar surface area (TPSA) is 61.0 Å². The summed E-state index contributed by atoms with van der Waals surface area (Å²) in [6.45, 7) is 4.25. The highest BCUT2D eigenvalue weighted by Gasteiger charge is 2.26. The molecule has 0 fully saturated rings. The molecule has 2 aromatic rings. The fourth-order valence-corrected chi connectivity index (χ4v) is 2.11. The maximum absolute atomic E-state index is 12.0. The standard InChI is InChI=1S/C17H15NO4/c1-3-20-15-7-5-4-6-13(15)16-18-14(17(19)22-16)10-12-9-8-11(2)21-12/h4-10H,3H2,1-2H3/b14-10-. The molecule has 5 nitrogen and oxygen atoms in total. The molecule has 112 valence electrons. The Kier molecular flexibility index (Phi) is 3.78. The Labute approximate surface area is 127 Å². The second-order valence-corrected chi connectivity index (χ2v) is 4.71. The van der Waals surface area contributed by atoms with Gasteiger partial charge in [-0.2, -0.15) is 0 Å². The molecule has 2 heterocycles. The van der Waals surface area contributed by atoms with Gasteiger partial charge in [0.25, 0.3) is 0 Å². The number of benzene rings is 1. The molecule has 3 rings (SSSR count). The Morgan fingerprint density at radius 1 is 1.23 bits per heavy atom. The first-order valence-corrected chi connectivity index (χ1v) is 6.98. The van der Waals surface area contributed by atoms with E-state index in [1.165, 1.54) is 0 Å². The molecule has 0 atom stereocenters. The third kappa shape index (κ3) is 2.79. The minimum atomic E-state index is -0.504. The number of hydrogen-bond donors (Lipinski definition) is 0. The van der Waals surface area contributed by atoms with E-state index in [1.807, 2.05) is 38.1 Å². The van der Waals surface area contributed by atoms with Crippen molar-refractivity contribution in [3.05, 3.63) is 59.2 Å². The number of carbonyl (C=O) groups is 1. The third-order valence-electron chi connectivity index (χ3n) is 3.08. The van der Waals surface area contributed by atoms with Crippen molar-refractivity contribution in [2.45, 2.75) is 13.8 Å². The summed E-state index contributed by atoms with van der Waals surface area (Å²) in [7, 11) is 0. The SMILES string of the molecule is CCOc1ccccc1C1=N/C(=C\c2ccc(C)o2)C(=O)O1. The van der Waals surface area contributed by atoms with Crippen molar-refractivity contribution in [2.75, 3.05) is 6.61 Å². The van der Waals surface area contributed by atoms with Crippen LogP contribution in [0.4, 0.5) is 0 Å². The van der Waals surface area contributed by atoms with Gasteiger partial charge in [-0.15, -0.1) is 0 Å². The largest absolute Gasteiger partial charge is 0.493 e. The lowest BCUT2D eigenvalue weighted by Gasteiger charge is -2.08. The molecule has 0 saturated heterocycles. The number of cyclic esters (lactones) is 1. The van der Waals surface area contributed by atoms with Gasteiger partial charge in [0, 0.05) is 6.08 Å². The Bertz CT molecular complexity index is 770. The van der Waals surface area contributed by atoms with Crippen LogP contribution < -0.4 is 4.74 Å². The molecule has 0 unspecified atom stereocenters. The highest BCUT2D eigenvalue weighted by Crippen LogP contribution is 2.25. The van der Waals surface area contributed by atoms with E-state index < -0.39 is 5.97 Å². The number of nitrogens with zero attached hydrogens (tertiary/aromatic N) is 1. The van der Waals surface area contributed by atoms with Gasteiger partial charge in [-0.25, -0.2) is 9.79 Å². The number of ether oxygens (including phenoxy) is 2. The molecule has 0 radical (unpaired) electrons. The van der Waals surface area contributed by atoms with Crippen LogP contribution in [-0.2, 0) is 9.53 Å². The van der Waals surface area contributed by atoms with Crippen LogP contribution >= 0.6 is 0 Å². The number of hydrogen-bond acceptors (Lipinski definition) is 5. The number of esters is 1. The fourth-order valence-electron chi connectivity index (χ4n) is 2.11. The molecular weight excluding hydrogens is 282 g/mol. The highest BCUT2D eigenvalue weighted by atomic mass is 16.6. The summed E-state index contributed by atoms with van der Waals surface area (Å²) in [6.07, 6.45) is 1.56. The number of carbonyl (C=O) groups excluding carboxylic acids is 1. The van der Waals surface area contributed by atoms with Gasteiger partial charge in [0.05, 0.1) is 12.2 Å². The number of para-hydroxylation sites is 1. The van der Waals surface area contributed by atoms with E-state index in [2.05, 4.69) is 4.99 Å². The van der Waals surface area contributed by atoms with Gasteiger partial charge in [0.15, 0.2) is 5.70 Å². The lowest BCUT2D eigenvalue weighted by atomic mass is 10.2. The molecule has 0 amide bonds. The molecule has 0 saturated carbocycles. The first-order chi connectivity index (χ1) is 10.7. The molecular formula is C17H15NO4. The van der Waals surface area contributed by atoms with Crippen molar-refractivity contribution < 1.29 is 18.7 Å². The quantitative estimate of drug-likeness (QED) is 0.641. The molecule has 1 aromatic heterocycles. The number of aliphatic imine (C=N–C) groups is 1. The zero-order valence-electron chi connectivity index (χ0n) is 12.3. The summed E-state index contributed by atoms with van der Waals surface area (Å²) in [5.74, 6) is 1.70. The van der Waals surface area contributed by atoms with Crippen LogP contribution in [0.1, 0.15) is 24.0 Å². The molecule has 0 aliphatic carbocycles. The Morgan fingerprint density at radius 2 is 2.05 bits per heavy atom. The van der Waals surface area contributed by atoms with Crippen molar-refractivity contribution in [1.29, 1.82) is 0 Å². The Hall–Kier alpha value is -2.82. The van der Waals surface area contributed by atoms with Crippen LogP contribution in [0.2, 0.25) is 0 Å². The van der Waals surface area contributed by atoms with Crippen LogP contribution in [0.15, 0.2) is 51.5 Å². The van der Waals surface area contributed by atoms with E-state index in [0.29, 0.717) is 23.7 Å². The maximum atomic E-state index is 12.0. The molecule has 1 aliphatic heterocycles. The van der Waals surface area contributed by atoms with E-state index in [4.69, 9.17) is 13.9 Å². The lowest BCUT2D eigenvalue weighted by molar-refractivity contribution is -0.129. The summed E-state index contributed by atoms with van der Waals surface area (Å²) in [5, 5.41) is 0. The Balaban J connectivity index is 1.95. The van der Waals surface area contributed by atoms with Crippen LogP contribution in [0, 0.1) is 6.92 Å². The average molecular weight is 297 g/mol. The van der Waals surface area contributed by atoms with Crippen LogP contribution in [0.25, 0.3) is 6.08 Å². The first kappa shape index (κ1) is 14.1. The summed E-state index contributed by atoms with van der Waals surface area (Å²) in [5.41, 5.74) is 0.854. The smallest absolute Gasteiger partial charge is 0.363 e. The fraction of sp³-hybridized carbons (Fsp3) is 0.176. The van der Waals surface area contributed by atoms with Gasteiger partial charge in [-0.1, -0.05) is 12.1 Å². The van der Waals surface area contributed by atoms with Crippen molar-refractivity contribution in [3.63, 3.8) is 0 Å². The predicted octanol–water partition coefficient (Wildman–Crippen LogP) is 3.33. The minimum Gasteiger partial charge on any atom is -0.493 e. The second kappa shape index (κ2) is 5.89. The van der Waals surface area contributed by atoms with E-state index in [1.54, 1.807) is 18.2 Å². The van der Waals surface area contributed by atoms with Gasteiger partial charge in [0.1, 0.15) is 17.3 Å². The molecule has 1 aliphatic rings. The van der Waals surface area contributed by atoms with Gasteiger partial charge in [-0.3, -0.25) is 0 Å². The monoisotopic (exact) mass is 297 g/mol. The van der Waals surface area contributed by atoms with Crippen molar-refractivity contribution in [3.8, 4) is 5.75 Å². The Morgan fingerprint density at radius 3 is 2.77 bits per heavy atom. The van der Waals surface area contributed by atoms with Crippen LogP contribution in [-0.4, -0.2) is 18.5 Å². The van der Waals surface area contributed by atoms with E-state index >= 15 is 0 Å². The summed E-state index contributed by atoms with van der Waals surface area (Å²) < 4.78 is 16.2. The second-order valence-electron chi connectivity index (χ2n) is 4.71. The van der Waals surface area contributed by atoms with Gasteiger partial charge in [-0.05, 0) is 38.1 Å². The van der Waals surface area contributed by atoms with Gasteiger partial charge >= 0.3 is 5.97 Å². The van der Waals surface area contributed by atoms with Crippen LogP contribution in [0.3, 0.4) is 0 Å². The lowest BCUT2D eigenvalue weighted by Crippen LogP contribution is -2.07. The normalized spacial score (nSPS) is 15.8. The molecule has 1 aromatic carbocycles. The molecule has 0 N–H and O–H groups in total. The molecule has 0 spiro atoms. The summed E-state index contributed by atoms with van der Waals surface area (Å²) >= 11 is 0. The van der Waals surface area contributed by atoms with Crippen molar-refractivity contribution >= 4 is 17.9 Å². The van der Waals surface area contributed by atoms with Crippen molar-refractivity contribution in [1.82, 2.24) is 0 Å². The number of aryl methyl sites for hydroxylation is 1. The maximum Gasteiger partial charge on any atom is 0.363 e.